The first kappa shape index (κ1) is 21.3. The maximum atomic E-state index is 12.5. The summed E-state index contributed by atoms with van der Waals surface area (Å²) in [6, 6.07) is 18.3. The number of benzene rings is 3. The molecule has 1 aromatic heterocycles. The molecule has 0 unspecified atom stereocenters. The monoisotopic (exact) mass is 447 g/mol. The molecule has 0 saturated carbocycles. The van der Waals surface area contributed by atoms with Crippen molar-refractivity contribution in [2.75, 3.05) is 19.5 Å². The Labute approximate surface area is 190 Å². The number of thiocarbonyl (C=S) groups is 1. The average molecular weight is 448 g/mol. The van der Waals surface area contributed by atoms with Gasteiger partial charge < -0.3 is 14.8 Å². The molecule has 32 heavy (non-hydrogen) atoms. The van der Waals surface area contributed by atoms with E-state index in [0.717, 1.165) is 11.2 Å². The van der Waals surface area contributed by atoms with Gasteiger partial charge in [0.05, 0.1) is 19.9 Å². The molecule has 0 saturated heterocycles. The number of hydrogen-bond acceptors (Lipinski definition) is 6. The summed E-state index contributed by atoms with van der Waals surface area (Å²) in [6.07, 6.45) is 0. The Morgan fingerprint density at radius 1 is 0.906 bits per heavy atom. The minimum atomic E-state index is -0.366. The molecule has 9 heteroatoms. The highest BCUT2D eigenvalue weighted by molar-refractivity contribution is 7.80. The first-order valence-corrected chi connectivity index (χ1v) is 10.2. The minimum absolute atomic E-state index is 0.162. The molecule has 0 fully saturated rings. The smallest absolute Gasteiger partial charge is 0.257 e. The molecule has 0 aliphatic rings. The average Bonchev–Trinajstić information content (AvgIpc) is 3.22. The number of fused-ring (bicyclic) bond motifs is 1. The fourth-order valence-electron chi connectivity index (χ4n) is 3.10. The van der Waals surface area contributed by atoms with Crippen LogP contribution < -0.4 is 20.1 Å². The van der Waals surface area contributed by atoms with Gasteiger partial charge in [0.2, 0.25) is 0 Å². The van der Waals surface area contributed by atoms with Gasteiger partial charge in [-0.3, -0.25) is 10.1 Å². The van der Waals surface area contributed by atoms with Gasteiger partial charge in [-0.1, -0.05) is 17.7 Å². The van der Waals surface area contributed by atoms with Crippen LogP contribution in [0.4, 0.5) is 5.69 Å². The topological polar surface area (TPSA) is 90.3 Å². The van der Waals surface area contributed by atoms with E-state index < -0.39 is 0 Å². The fourth-order valence-corrected chi connectivity index (χ4v) is 3.31. The lowest BCUT2D eigenvalue weighted by Gasteiger charge is -2.11. The van der Waals surface area contributed by atoms with E-state index in [1.54, 1.807) is 23.0 Å². The van der Waals surface area contributed by atoms with E-state index >= 15 is 0 Å². The Hall–Kier alpha value is -3.98. The Bertz CT molecular complexity index is 1300. The highest BCUT2D eigenvalue weighted by Gasteiger charge is 2.13. The molecule has 0 aliphatic carbocycles. The number of amides is 1. The van der Waals surface area contributed by atoms with Gasteiger partial charge in [-0.15, -0.1) is 10.2 Å². The van der Waals surface area contributed by atoms with Crippen LogP contribution in [-0.4, -0.2) is 40.2 Å². The molecule has 0 spiro atoms. The second-order valence-corrected chi connectivity index (χ2v) is 7.41. The molecule has 0 bridgehead atoms. The second kappa shape index (κ2) is 9.03. The number of ether oxygens (including phenoxy) is 2. The van der Waals surface area contributed by atoms with Crippen molar-refractivity contribution in [1.29, 1.82) is 0 Å². The van der Waals surface area contributed by atoms with Crippen LogP contribution in [0.3, 0.4) is 0 Å². The zero-order valence-electron chi connectivity index (χ0n) is 17.7. The van der Waals surface area contributed by atoms with E-state index in [2.05, 4.69) is 20.8 Å². The van der Waals surface area contributed by atoms with Crippen LogP contribution in [0.1, 0.15) is 15.9 Å². The summed E-state index contributed by atoms with van der Waals surface area (Å²) < 4.78 is 10.4. The van der Waals surface area contributed by atoms with E-state index in [9.17, 15) is 4.79 Å². The minimum Gasteiger partial charge on any atom is -0.493 e. The van der Waals surface area contributed by atoms with E-state index in [4.69, 9.17) is 21.7 Å². The summed E-state index contributed by atoms with van der Waals surface area (Å²) in [5, 5.41) is 14.9. The molecule has 4 rings (SSSR count). The van der Waals surface area contributed by atoms with Crippen molar-refractivity contribution < 1.29 is 14.3 Å². The van der Waals surface area contributed by atoms with E-state index in [1.165, 1.54) is 19.8 Å². The lowest BCUT2D eigenvalue weighted by Crippen LogP contribution is -2.34. The van der Waals surface area contributed by atoms with Gasteiger partial charge in [0.1, 0.15) is 11.0 Å². The van der Waals surface area contributed by atoms with Gasteiger partial charge in [-0.2, -0.15) is 4.80 Å². The standard InChI is InChI=1S/C23H21N5O3S/c1-14-4-8-17(9-5-14)28-26-18-10-7-16(13-19(18)27-28)24-23(32)25-22(29)15-6-11-20(30-2)21(12-15)31-3/h4-13H,1-3H3,(H2,24,25,29,32). The van der Waals surface area contributed by atoms with Crippen molar-refractivity contribution in [2.24, 2.45) is 0 Å². The molecule has 2 N–H and O–H groups in total. The van der Waals surface area contributed by atoms with Gasteiger partial charge in [0.25, 0.3) is 5.91 Å². The maximum Gasteiger partial charge on any atom is 0.257 e. The Kier molecular flexibility index (Phi) is 6.00. The summed E-state index contributed by atoms with van der Waals surface area (Å²) in [4.78, 5) is 14.1. The SMILES string of the molecule is COc1ccc(C(=O)NC(=S)Nc2ccc3nn(-c4ccc(C)cc4)nc3c2)cc1OC. The zero-order chi connectivity index (χ0) is 22.7. The predicted octanol–water partition coefficient (Wildman–Crippen LogP) is 3.87. The number of nitrogens with zero attached hydrogens (tertiary/aromatic N) is 3. The molecular weight excluding hydrogens is 426 g/mol. The molecule has 8 nitrogen and oxygen atoms in total. The van der Waals surface area contributed by atoms with Crippen LogP contribution in [0.25, 0.3) is 16.7 Å². The lowest BCUT2D eigenvalue weighted by atomic mass is 10.2. The number of nitrogens with one attached hydrogen (secondary N) is 2. The molecule has 4 aromatic rings. The Morgan fingerprint density at radius 2 is 1.62 bits per heavy atom. The number of anilines is 1. The van der Waals surface area contributed by atoms with E-state index in [1.807, 2.05) is 49.4 Å². The Balaban J connectivity index is 1.46. The number of rotatable bonds is 5. The Morgan fingerprint density at radius 3 is 2.34 bits per heavy atom. The summed E-state index contributed by atoms with van der Waals surface area (Å²) in [5.41, 5.74) is 4.56. The lowest BCUT2D eigenvalue weighted by molar-refractivity contribution is 0.0977. The highest BCUT2D eigenvalue weighted by Crippen LogP contribution is 2.27. The summed E-state index contributed by atoms with van der Waals surface area (Å²) >= 11 is 5.30. The number of methoxy groups -OCH3 is 2. The number of carbonyl (C=O) groups is 1. The van der Waals surface area contributed by atoms with Crippen LogP contribution >= 0.6 is 12.2 Å². The van der Waals surface area contributed by atoms with E-state index in [0.29, 0.717) is 28.3 Å². The number of aromatic nitrogens is 3. The molecule has 3 aromatic carbocycles. The molecule has 1 amide bonds. The van der Waals surface area contributed by atoms with Crippen molar-refractivity contribution >= 4 is 40.0 Å². The fraction of sp³-hybridized carbons (Fsp3) is 0.130. The van der Waals surface area contributed by atoms with Gasteiger partial charge in [0, 0.05) is 11.3 Å². The number of aryl methyl sites for hydroxylation is 1. The molecule has 0 aliphatic heterocycles. The van der Waals surface area contributed by atoms with Crippen LogP contribution in [0, 0.1) is 6.92 Å². The summed E-state index contributed by atoms with van der Waals surface area (Å²) in [6.45, 7) is 2.03. The number of hydrogen-bond donors (Lipinski definition) is 2. The maximum absolute atomic E-state index is 12.5. The molecule has 1 heterocycles. The van der Waals surface area contributed by atoms with Crippen molar-refractivity contribution in [3.8, 4) is 17.2 Å². The van der Waals surface area contributed by atoms with Gasteiger partial charge in [0.15, 0.2) is 16.6 Å². The summed E-state index contributed by atoms with van der Waals surface area (Å²) in [5.74, 6) is 0.632. The van der Waals surface area contributed by atoms with Crippen molar-refractivity contribution in [3.63, 3.8) is 0 Å². The highest BCUT2D eigenvalue weighted by atomic mass is 32.1. The first-order valence-electron chi connectivity index (χ1n) is 9.75. The van der Waals surface area contributed by atoms with Crippen molar-refractivity contribution in [2.45, 2.75) is 6.92 Å². The third-order valence-electron chi connectivity index (χ3n) is 4.78. The first-order chi connectivity index (χ1) is 15.5. The van der Waals surface area contributed by atoms with Crippen molar-refractivity contribution in [1.82, 2.24) is 20.3 Å². The van der Waals surface area contributed by atoms with Gasteiger partial charge >= 0.3 is 0 Å². The van der Waals surface area contributed by atoms with Crippen LogP contribution in [0.5, 0.6) is 11.5 Å². The quantitative estimate of drug-likeness (QED) is 0.449. The molecule has 0 atom stereocenters. The third kappa shape index (κ3) is 4.52. The summed E-state index contributed by atoms with van der Waals surface area (Å²) in [7, 11) is 3.05. The largest absolute Gasteiger partial charge is 0.493 e. The van der Waals surface area contributed by atoms with Gasteiger partial charge in [-0.05, 0) is 67.7 Å². The second-order valence-electron chi connectivity index (χ2n) is 7.01. The van der Waals surface area contributed by atoms with Crippen LogP contribution in [-0.2, 0) is 0 Å². The normalized spacial score (nSPS) is 10.6. The molecule has 0 radical (unpaired) electrons. The van der Waals surface area contributed by atoms with Crippen molar-refractivity contribution in [3.05, 3.63) is 71.8 Å². The predicted molar refractivity (Wildman–Crippen MR) is 127 cm³/mol. The van der Waals surface area contributed by atoms with Gasteiger partial charge in [-0.25, -0.2) is 0 Å². The van der Waals surface area contributed by atoms with Crippen LogP contribution in [0.2, 0.25) is 0 Å². The molecular formula is C23H21N5O3S. The zero-order valence-corrected chi connectivity index (χ0v) is 18.6. The third-order valence-corrected chi connectivity index (χ3v) is 4.98. The van der Waals surface area contributed by atoms with E-state index in [-0.39, 0.29) is 11.0 Å². The molecule has 162 valence electrons. The number of carbonyl (C=O) groups excluding carboxylic acids is 1. The van der Waals surface area contributed by atoms with Crippen LogP contribution in [0.15, 0.2) is 60.7 Å².